The fourth-order valence-corrected chi connectivity index (χ4v) is 1.26. The summed E-state index contributed by atoms with van der Waals surface area (Å²) in [6.45, 7) is 0.710. The highest BCUT2D eigenvalue weighted by Gasteiger charge is 2.32. The van der Waals surface area contributed by atoms with Crippen molar-refractivity contribution in [2.24, 2.45) is 0 Å². The number of aliphatic hydroxyl groups is 3. The first-order chi connectivity index (χ1) is 4.75. The van der Waals surface area contributed by atoms with Crippen LogP contribution in [0.25, 0.3) is 0 Å². The van der Waals surface area contributed by atoms with E-state index in [2.05, 4.69) is 0 Å². The van der Waals surface area contributed by atoms with Crippen molar-refractivity contribution in [3.63, 3.8) is 0 Å². The van der Waals surface area contributed by atoms with Crippen LogP contribution in [0.2, 0.25) is 0 Å². The summed E-state index contributed by atoms with van der Waals surface area (Å²) in [4.78, 5) is 0. The molecular weight excluding hydrogens is 134 g/mol. The zero-order valence-corrected chi connectivity index (χ0v) is 5.77. The molecular formula is C6H14NO3+. The third kappa shape index (κ3) is 1.46. The van der Waals surface area contributed by atoms with Gasteiger partial charge in [0, 0.05) is 6.42 Å². The number of aliphatic hydroxyl groups excluding tert-OH is 3. The third-order valence-corrected chi connectivity index (χ3v) is 1.98. The van der Waals surface area contributed by atoms with Crippen molar-refractivity contribution in [2.75, 3.05) is 13.2 Å². The predicted octanol–water partition coefficient (Wildman–Crippen LogP) is -2.96. The maximum Gasteiger partial charge on any atom is 0.138 e. The summed E-state index contributed by atoms with van der Waals surface area (Å²) in [5.41, 5.74) is 0. The minimum absolute atomic E-state index is 0.0712. The van der Waals surface area contributed by atoms with E-state index in [9.17, 15) is 5.11 Å². The first-order valence-electron chi connectivity index (χ1n) is 3.56. The van der Waals surface area contributed by atoms with E-state index >= 15 is 0 Å². The van der Waals surface area contributed by atoms with Gasteiger partial charge in [-0.05, 0) is 0 Å². The lowest BCUT2D eigenvalue weighted by atomic mass is 9.99. The van der Waals surface area contributed by atoms with Gasteiger partial charge in [0.1, 0.15) is 12.1 Å². The Balaban J connectivity index is 2.42. The first-order valence-corrected chi connectivity index (χ1v) is 3.56. The van der Waals surface area contributed by atoms with E-state index in [4.69, 9.17) is 10.2 Å². The predicted molar refractivity (Wildman–Crippen MR) is 34.3 cm³/mol. The van der Waals surface area contributed by atoms with Gasteiger partial charge in [-0.15, -0.1) is 0 Å². The highest BCUT2D eigenvalue weighted by Crippen LogP contribution is 2.03. The lowest BCUT2D eigenvalue weighted by Crippen LogP contribution is -2.96. The Morgan fingerprint density at radius 1 is 1.40 bits per heavy atom. The fraction of sp³-hybridized carbons (Fsp3) is 1.00. The highest BCUT2D eigenvalue weighted by molar-refractivity contribution is 4.76. The van der Waals surface area contributed by atoms with E-state index in [-0.39, 0.29) is 12.6 Å². The third-order valence-electron chi connectivity index (χ3n) is 1.98. The molecule has 1 rings (SSSR count). The van der Waals surface area contributed by atoms with Crippen molar-refractivity contribution < 1.29 is 20.6 Å². The molecule has 0 aromatic carbocycles. The molecule has 1 saturated heterocycles. The number of rotatable bonds is 1. The molecule has 0 radical (unpaired) electrons. The van der Waals surface area contributed by atoms with Crippen LogP contribution in [0, 0.1) is 0 Å². The number of hydrogen-bond acceptors (Lipinski definition) is 3. The van der Waals surface area contributed by atoms with Crippen molar-refractivity contribution in [3.8, 4) is 0 Å². The molecule has 0 spiro atoms. The summed E-state index contributed by atoms with van der Waals surface area (Å²) in [5, 5.41) is 28.8. The lowest BCUT2D eigenvalue weighted by Gasteiger charge is -2.28. The molecule has 5 N–H and O–H groups in total. The van der Waals surface area contributed by atoms with Gasteiger partial charge in [-0.1, -0.05) is 0 Å². The van der Waals surface area contributed by atoms with Crippen LogP contribution < -0.4 is 5.32 Å². The average Bonchev–Trinajstić information content (AvgIpc) is 1.95. The van der Waals surface area contributed by atoms with Crippen LogP contribution in [0.3, 0.4) is 0 Å². The second-order valence-corrected chi connectivity index (χ2v) is 2.72. The van der Waals surface area contributed by atoms with Gasteiger partial charge in [-0.3, -0.25) is 0 Å². The molecule has 0 aliphatic carbocycles. The molecule has 0 aromatic heterocycles. The van der Waals surface area contributed by atoms with Gasteiger partial charge in [-0.25, -0.2) is 0 Å². The maximum atomic E-state index is 9.20. The number of hydrogen-bond donors (Lipinski definition) is 4. The molecule has 1 aliphatic heterocycles. The van der Waals surface area contributed by atoms with E-state index < -0.39 is 12.2 Å². The van der Waals surface area contributed by atoms with Crippen LogP contribution in [0.1, 0.15) is 6.42 Å². The van der Waals surface area contributed by atoms with Crippen LogP contribution in [0.4, 0.5) is 0 Å². The van der Waals surface area contributed by atoms with Crippen LogP contribution in [-0.2, 0) is 0 Å². The second kappa shape index (κ2) is 3.30. The minimum atomic E-state index is -0.765. The number of quaternary nitrogens is 1. The Hall–Kier alpha value is -0.160. The van der Waals surface area contributed by atoms with Gasteiger partial charge in [-0.2, -0.15) is 0 Å². The van der Waals surface area contributed by atoms with E-state index in [1.807, 2.05) is 5.32 Å². The maximum absolute atomic E-state index is 9.20. The molecule has 60 valence electrons. The zero-order chi connectivity index (χ0) is 7.56. The molecule has 0 bridgehead atoms. The summed E-state index contributed by atoms with van der Waals surface area (Å²) in [7, 11) is 0. The van der Waals surface area contributed by atoms with Crippen molar-refractivity contribution >= 4 is 0 Å². The molecule has 4 heteroatoms. The summed E-state index contributed by atoms with van der Waals surface area (Å²) in [5.74, 6) is 0. The van der Waals surface area contributed by atoms with E-state index in [0.717, 1.165) is 6.54 Å². The smallest absolute Gasteiger partial charge is 0.138 e. The Morgan fingerprint density at radius 2 is 2.10 bits per heavy atom. The van der Waals surface area contributed by atoms with Crippen molar-refractivity contribution in [2.45, 2.75) is 24.7 Å². The number of nitrogens with two attached hydrogens (primary N) is 1. The topological polar surface area (TPSA) is 77.3 Å². The molecule has 3 atom stereocenters. The van der Waals surface area contributed by atoms with E-state index in [0.29, 0.717) is 6.42 Å². The Labute approximate surface area is 59.5 Å². The van der Waals surface area contributed by atoms with E-state index in [1.54, 1.807) is 0 Å². The molecule has 1 heterocycles. The van der Waals surface area contributed by atoms with Gasteiger partial charge in [0.25, 0.3) is 0 Å². The molecule has 4 nitrogen and oxygen atoms in total. The van der Waals surface area contributed by atoms with Gasteiger partial charge in [0.15, 0.2) is 0 Å². The van der Waals surface area contributed by atoms with Gasteiger partial charge in [0.05, 0.1) is 19.3 Å². The van der Waals surface area contributed by atoms with Crippen LogP contribution in [0.15, 0.2) is 0 Å². The lowest BCUT2D eigenvalue weighted by molar-refractivity contribution is -0.709. The Bertz CT molecular complexity index is 109. The zero-order valence-electron chi connectivity index (χ0n) is 5.77. The summed E-state index contributed by atoms with van der Waals surface area (Å²) < 4.78 is 0. The molecule has 1 fully saturated rings. The molecule has 0 amide bonds. The summed E-state index contributed by atoms with van der Waals surface area (Å²) in [6.07, 6.45) is -0.807. The van der Waals surface area contributed by atoms with Crippen molar-refractivity contribution in [1.82, 2.24) is 0 Å². The second-order valence-electron chi connectivity index (χ2n) is 2.72. The molecule has 1 aliphatic rings. The number of piperidine rings is 1. The molecule has 0 unspecified atom stereocenters. The van der Waals surface area contributed by atoms with E-state index in [1.165, 1.54) is 0 Å². The average molecular weight is 148 g/mol. The van der Waals surface area contributed by atoms with Crippen molar-refractivity contribution in [1.29, 1.82) is 0 Å². The Kier molecular flexibility index (Phi) is 2.62. The van der Waals surface area contributed by atoms with Crippen LogP contribution in [-0.4, -0.2) is 46.7 Å². The largest absolute Gasteiger partial charge is 0.390 e. The standard InChI is InChI=1S/C6H13NO3/c8-3-4-6(10)5(9)1-2-7-4/h4-10H,1-3H2/p+1/t4-,5-,6-/m1/s1. The van der Waals surface area contributed by atoms with Crippen LogP contribution >= 0.6 is 0 Å². The van der Waals surface area contributed by atoms with Gasteiger partial charge in [0.2, 0.25) is 0 Å². The minimum Gasteiger partial charge on any atom is -0.390 e. The normalized spacial score (nSPS) is 41.7. The van der Waals surface area contributed by atoms with Crippen LogP contribution in [0.5, 0.6) is 0 Å². The summed E-state index contributed by atoms with van der Waals surface area (Å²) in [6, 6.07) is -0.233. The monoisotopic (exact) mass is 148 g/mol. The molecule has 10 heavy (non-hydrogen) atoms. The quantitative estimate of drug-likeness (QED) is 0.321. The summed E-state index contributed by atoms with van der Waals surface area (Å²) >= 11 is 0. The SMILES string of the molecule is OC[C@H]1[NH2+]CC[C@@H](O)[C@@H]1O. The van der Waals surface area contributed by atoms with Gasteiger partial charge >= 0.3 is 0 Å². The molecule has 0 aromatic rings. The highest BCUT2D eigenvalue weighted by atomic mass is 16.3. The first kappa shape index (κ1) is 7.94. The van der Waals surface area contributed by atoms with Gasteiger partial charge < -0.3 is 20.6 Å². The molecule has 0 saturated carbocycles. The fourth-order valence-electron chi connectivity index (χ4n) is 1.26. The Morgan fingerprint density at radius 3 is 2.60 bits per heavy atom. The van der Waals surface area contributed by atoms with Crippen molar-refractivity contribution in [3.05, 3.63) is 0 Å².